The lowest BCUT2D eigenvalue weighted by Gasteiger charge is -2.35. The van der Waals surface area contributed by atoms with Crippen molar-refractivity contribution in [3.63, 3.8) is 0 Å². The second-order valence-electron chi connectivity index (χ2n) is 7.49. The minimum absolute atomic E-state index is 0.129. The van der Waals surface area contributed by atoms with Crippen LogP contribution in [0.25, 0.3) is 0 Å². The van der Waals surface area contributed by atoms with E-state index < -0.39 is 11.8 Å². The van der Waals surface area contributed by atoms with Gasteiger partial charge in [-0.1, -0.05) is 90.9 Å². The molecule has 0 aromatic heterocycles. The molecule has 150 valence electrons. The molecule has 0 aromatic rings. The number of hydrogen-bond donors (Lipinski definition) is 4. The molecule has 25 heavy (non-hydrogen) atoms. The number of rotatable bonds is 18. The molecule has 0 amide bonds. The third-order valence-corrected chi connectivity index (χ3v) is 5.03. The zero-order chi connectivity index (χ0) is 19.0. The lowest BCUT2D eigenvalue weighted by molar-refractivity contribution is -0.136. The van der Waals surface area contributed by atoms with Crippen molar-refractivity contribution < 1.29 is 9.90 Å². The van der Waals surface area contributed by atoms with Gasteiger partial charge in [-0.15, -0.1) is 0 Å². The average molecular weight is 358 g/mol. The van der Waals surface area contributed by atoms with Crippen LogP contribution in [0.1, 0.15) is 104 Å². The van der Waals surface area contributed by atoms with Crippen molar-refractivity contribution in [2.75, 3.05) is 6.54 Å². The van der Waals surface area contributed by atoms with Crippen molar-refractivity contribution in [3.8, 4) is 0 Å². The third kappa shape index (κ3) is 14.2. The molecule has 0 fully saturated rings. The fourth-order valence-electron chi connectivity index (χ4n) is 3.34. The summed E-state index contributed by atoms with van der Waals surface area (Å²) in [5.74, 6) is -1.88. The monoisotopic (exact) mass is 357 g/mol. The van der Waals surface area contributed by atoms with Crippen molar-refractivity contribution in [3.05, 3.63) is 0 Å². The number of nitrogens with one attached hydrogen (secondary N) is 1. The summed E-state index contributed by atoms with van der Waals surface area (Å²) in [6.45, 7) is 4.26. The van der Waals surface area contributed by atoms with Crippen LogP contribution in [0.2, 0.25) is 0 Å². The number of unbranched alkanes of at least 4 members (excludes halogenated alkanes) is 10. The van der Waals surface area contributed by atoms with E-state index in [4.69, 9.17) is 16.6 Å². The Morgan fingerprint density at radius 3 is 1.64 bits per heavy atom. The van der Waals surface area contributed by atoms with Crippen LogP contribution < -0.4 is 16.8 Å². The van der Waals surface area contributed by atoms with Gasteiger partial charge in [-0.25, -0.2) is 0 Å². The van der Waals surface area contributed by atoms with E-state index in [2.05, 4.69) is 19.2 Å². The Bertz CT molecular complexity index is 306. The van der Waals surface area contributed by atoms with Gasteiger partial charge in [0.15, 0.2) is 0 Å². The fourth-order valence-corrected chi connectivity index (χ4v) is 3.34. The van der Waals surface area contributed by atoms with E-state index in [-0.39, 0.29) is 12.5 Å². The Balaban J connectivity index is 4.26. The topological polar surface area (TPSA) is 101 Å². The van der Waals surface area contributed by atoms with Crippen LogP contribution in [0.4, 0.5) is 0 Å². The SMILES string of the molecule is CCCCCCCCC(CCCCCCCC)C(N)(N)NCC(=O)O. The van der Waals surface area contributed by atoms with Gasteiger partial charge in [0, 0.05) is 5.92 Å². The maximum absolute atomic E-state index is 10.8. The highest BCUT2D eigenvalue weighted by Crippen LogP contribution is 2.23. The summed E-state index contributed by atoms with van der Waals surface area (Å²) in [6.07, 6.45) is 16.9. The van der Waals surface area contributed by atoms with E-state index in [1.807, 2.05) is 0 Å². The van der Waals surface area contributed by atoms with Crippen molar-refractivity contribution in [2.24, 2.45) is 17.4 Å². The first-order valence-corrected chi connectivity index (χ1v) is 10.5. The summed E-state index contributed by atoms with van der Waals surface area (Å²) in [6, 6.07) is 0. The van der Waals surface area contributed by atoms with E-state index in [1.54, 1.807) is 0 Å². The highest BCUT2D eigenvalue weighted by atomic mass is 16.4. The zero-order valence-corrected chi connectivity index (χ0v) is 16.7. The van der Waals surface area contributed by atoms with E-state index in [0.717, 1.165) is 25.7 Å². The fraction of sp³-hybridized carbons (Fsp3) is 0.950. The van der Waals surface area contributed by atoms with Crippen LogP contribution in [-0.4, -0.2) is 23.4 Å². The molecule has 0 aliphatic carbocycles. The number of hydrogen-bond acceptors (Lipinski definition) is 4. The molecular weight excluding hydrogens is 314 g/mol. The number of carboxylic acid groups (broad SMARTS) is 1. The van der Waals surface area contributed by atoms with Gasteiger partial charge in [-0.05, 0) is 12.8 Å². The standard InChI is InChI=1S/C20H43N3O2/c1-3-5-7-9-11-13-15-18(16-14-12-10-8-6-4-2)20(21,22)23-17-19(24)25/h18,23H,3-17,21-22H2,1-2H3,(H,24,25). The zero-order valence-electron chi connectivity index (χ0n) is 16.7. The number of nitrogens with two attached hydrogens (primary N) is 2. The highest BCUT2D eigenvalue weighted by molar-refractivity contribution is 5.69. The molecule has 0 bridgehead atoms. The molecule has 6 N–H and O–H groups in total. The Morgan fingerprint density at radius 2 is 1.24 bits per heavy atom. The van der Waals surface area contributed by atoms with Crippen LogP contribution in [0.15, 0.2) is 0 Å². The highest BCUT2D eigenvalue weighted by Gasteiger charge is 2.30. The van der Waals surface area contributed by atoms with Crippen LogP contribution in [0.5, 0.6) is 0 Å². The second-order valence-corrected chi connectivity index (χ2v) is 7.49. The van der Waals surface area contributed by atoms with Crippen molar-refractivity contribution >= 4 is 5.97 Å². The molecule has 0 rings (SSSR count). The first kappa shape index (κ1) is 24.4. The average Bonchev–Trinajstić information content (AvgIpc) is 2.57. The Kier molecular flexibility index (Phi) is 15.2. The molecule has 5 heteroatoms. The van der Waals surface area contributed by atoms with Crippen LogP contribution in [0.3, 0.4) is 0 Å². The number of carbonyl (C=O) groups is 1. The predicted octanol–water partition coefficient (Wildman–Crippen LogP) is 4.35. The van der Waals surface area contributed by atoms with E-state index in [1.165, 1.54) is 64.2 Å². The lowest BCUT2D eigenvalue weighted by Crippen LogP contribution is -2.66. The lowest BCUT2D eigenvalue weighted by atomic mass is 9.88. The van der Waals surface area contributed by atoms with Gasteiger partial charge in [-0.2, -0.15) is 0 Å². The van der Waals surface area contributed by atoms with Gasteiger partial charge in [0.25, 0.3) is 0 Å². The molecule has 5 nitrogen and oxygen atoms in total. The van der Waals surface area contributed by atoms with E-state index in [0.29, 0.717) is 0 Å². The summed E-state index contributed by atoms with van der Waals surface area (Å²) < 4.78 is 0. The first-order chi connectivity index (χ1) is 11.9. The van der Waals surface area contributed by atoms with Crippen LogP contribution in [-0.2, 0) is 4.79 Å². The molecule has 0 saturated heterocycles. The van der Waals surface area contributed by atoms with Gasteiger partial charge < -0.3 is 16.6 Å². The number of carboxylic acids is 1. The summed E-state index contributed by atoms with van der Waals surface area (Å²) >= 11 is 0. The largest absolute Gasteiger partial charge is 0.480 e. The second kappa shape index (κ2) is 15.6. The molecule has 0 aliphatic heterocycles. The van der Waals surface area contributed by atoms with Gasteiger partial charge in [0.1, 0.15) is 5.79 Å². The van der Waals surface area contributed by atoms with Crippen molar-refractivity contribution in [1.29, 1.82) is 0 Å². The molecule has 0 spiro atoms. The summed E-state index contributed by atoms with van der Waals surface area (Å²) in [5, 5.41) is 11.7. The van der Waals surface area contributed by atoms with Gasteiger partial charge in [0.05, 0.1) is 6.54 Å². The number of aliphatic carboxylic acids is 1. The van der Waals surface area contributed by atoms with Gasteiger partial charge in [-0.3, -0.25) is 10.1 Å². The molecule has 0 atom stereocenters. The van der Waals surface area contributed by atoms with Crippen LogP contribution in [0, 0.1) is 5.92 Å². The predicted molar refractivity (Wildman–Crippen MR) is 106 cm³/mol. The minimum Gasteiger partial charge on any atom is -0.480 e. The molecule has 0 aromatic carbocycles. The first-order valence-electron chi connectivity index (χ1n) is 10.5. The quantitative estimate of drug-likeness (QED) is 0.216. The Morgan fingerprint density at radius 1 is 0.840 bits per heavy atom. The summed E-state index contributed by atoms with van der Waals surface area (Å²) in [4.78, 5) is 10.8. The Hall–Kier alpha value is -0.650. The maximum atomic E-state index is 10.8. The molecule has 0 aliphatic rings. The smallest absolute Gasteiger partial charge is 0.317 e. The van der Waals surface area contributed by atoms with Gasteiger partial charge in [0.2, 0.25) is 0 Å². The van der Waals surface area contributed by atoms with E-state index in [9.17, 15) is 4.79 Å². The summed E-state index contributed by atoms with van der Waals surface area (Å²) in [5.41, 5.74) is 12.5. The Labute approximate surface area is 155 Å². The van der Waals surface area contributed by atoms with Crippen LogP contribution >= 0.6 is 0 Å². The molecule has 0 saturated carbocycles. The minimum atomic E-state index is -1.09. The summed E-state index contributed by atoms with van der Waals surface area (Å²) in [7, 11) is 0. The molecule has 0 unspecified atom stereocenters. The molecule has 0 radical (unpaired) electrons. The van der Waals surface area contributed by atoms with Gasteiger partial charge >= 0.3 is 5.97 Å². The maximum Gasteiger partial charge on any atom is 0.317 e. The third-order valence-electron chi connectivity index (χ3n) is 5.03. The molecule has 0 heterocycles. The van der Waals surface area contributed by atoms with E-state index >= 15 is 0 Å². The van der Waals surface area contributed by atoms with Crippen molar-refractivity contribution in [2.45, 2.75) is 110 Å². The van der Waals surface area contributed by atoms with Crippen molar-refractivity contribution in [1.82, 2.24) is 5.32 Å². The molecular formula is C20H43N3O2. The normalized spacial score (nSPS) is 12.0.